The van der Waals surface area contributed by atoms with Crippen LogP contribution in [-0.4, -0.2) is 15.7 Å². The van der Waals surface area contributed by atoms with Gasteiger partial charge in [-0.05, 0) is 36.3 Å². The number of rotatable bonds is 2. The second-order valence-electron chi connectivity index (χ2n) is 5.03. The van der Waals surface area contributed by atoms with Gasteiger partial charge in [-0.3, -0.25) is 4.98 Å². The van der Waals surface area contributed by atoms with Gasteiger partial charge in [-0.15, -0.1) is 0 Å². The van der Waals surface area contributed by atoms with Gasteiger partial charge in [0.1, 0.15) is 0 Å². The predicted octanol–water partition coefficient (Wildman–Crippen LogP) is 2.18. The molecule has 2 aliphatic carbocycles. The Balaban J connectivity index is 1.74. The van der Waals surface area contributed by atoms with Crippen LogP contribution in [0.25, 0.3) is 0 Å². The Morgan fingerprint density at radius 3 is 2.67 bits per heavy atom. The number of nitrogens with zero attached hydrogens (tertiary/aromatic N) is 1. The summed E-state index contributed by atoms with van der Waals surface area (Å²) in [6, 6.07) is 4.01. The molecule has 0 saturated heterocycles. The number of fused-ring (bicyclic) bond motifs is 1. The maximum Gasteiger partial charge on any atom is 0.0751 e. The van der Waals surface area contributed by atoms with Gasteiger partial charge in [-0.25, -0.2) is 0 Å². The third kappa shape index (κ3) is 1.48. The zero-order valence-corrected chi connectivity index (χ0v) is 8.89. The van der Waals surface area contributed by atoms with Crippen LogP contribution in [0.5, 0.6) is 0 Å². The molecule has 2 saturated carbocycles. The molecule has 0 amide bonds. The number of pyridine rings is 1. The monoisotopic (exact) mass is 203 g/mol. The van der Waals surface area contributed by atoms with E-state index in [4.69, 9.17) is 0 Å². The van der Waals surface area contributed by atoms with E-state index in [1.54, 1.807) is 6.20 Å². The minimum atomic E-state index is -0.389. The summed E-state index contributed by atoms with van der Waals surface area (Å²) >= 11 is 0. The van der Waals surface area contributed by atoms with Gasteiger partial charge in [-0.1, -0.05) is 18.9 Å². The largest absolute Gasteiger partial charge is 0.389 e. The Bertz CT molecular complexity index is 337. The molecule has 1 heterocycles. The molecule has 2 fully saturated rings. The van der Waals surface area contributed by atoms with Crippen LogP contribution in [0.1, 0.15) is 31.2 Å². The van der Waals surface area contributed by atoms with Crippen LogP contribution in [0, 0.1) is 11.8 Å². The first kappa shape index (κ1) is 9.34. The number of hydrogen-bond acceptors (Lipinski definition) is 2. The smallest absolute Gasteiger partial charge is 0.0751 e. The summed E-state index contributed by atoms with van der Waals surface area (Å²) in [5.74, 6) is 1.15. The van der Waals surface area contributed by atoms with Crippen LogP contribution < -0.4 is 0 Å². The lowest BCUT2D eigenvalue weighted by Gasteiger charge is -2.09. The van der Waals surface area contributed by atoms with Crippen LogP contribution in [0.3, 0.4) is 0 Å². The molecule has 2 aliphatic rings. The Hall–Kier alpha value is -0.890. The predicted molar refractivity (Wildman–Crippen MR) is 58.3 cm³/mol. The van der Waals surface area contributed by atoms with E-state index in [1.807, 2.05) is 12.3 Å². The molecule has 80 valence electrons. The summed E-state index contributed by atoms with van der Waals surface area (Å²) in [7, 11) is 0. The van der Waals surface area contributed by atoms with E-state index in [0.29, 0.717) is 11.8 Å². The summed E-state index contributed by atoms with van der Waals surface area (Å²) in [6.07, 6.45) is 9.52. The molecule has 1 aromatic heterocycles. The minimum Gasteiger partial charge on any atom is -0.389 e. The molecule has 0 radical (unpaired) electrons. The maximum absolute atomic E-state index is 10.5. The van der Waals surface area contributed by atoms with Crippen molar-refractivity contribution in [1.82, 2.24) is 4.98 Å². The molecule has 2 heteroatoms. The van der Waals surface area contributed by atoms with Crippen molar-refractivity contribution in [3.63, 3.8) is 0 Å². The van der Waals surface area contributed by atoms with Gasteiger partial charge in [-0.2, -0.15) is 0 Å². The average molecular weight is 203 g/mol. The summed E-state index contributed by atoms with van der Waals surface area (Å²) in [5.41, 5.74) is 0.786. The van der Waals surface area contributed by atoms with Crippen molar-refractivity contribution < 1.29 is 5.11 Å². The van der Waals surface area contributed by atoms with E-state index in [1.165, 1.54) is 31.2 Å². The van der Waals surface area contributed by atoms with Crippen molar-refractivity contribution in [3.05, 3.63) is 30.1 Å². The summed E-state index contributed by atoms with van der Waals surface area (Å²) in [5, 5.41) is 10.5. The fourth-order valence-electron chi connectivity index (χ4n) is 3.31. The lowest BCUT2D eigenvalue weighted by atomic mass is 10.0. The molecule has 0 bridgehead atoms. The van der Waals surface area contributed by atoms with Gasteiger partial charge < -0.3 is 5.11 Å². The Morgan fingerprint density at radius 2 is 2.07 bits per heavy atom. The van der Waals surface area contributed by atoms with Crippen molar-refractivity contribution >= 4 is 0 Å². The quantitative estimate of drug-likeness (QED) is 0.799. The molecule has 1 aromatic rings. The van der Waals surface area contributed by atoms with Crippen molar-refractivity contribution in [2.75, 3.05) is 0 Å². The molecule has 15 heavy (non-hydrogen) atoms. The van der Waals surface area contributed by atoms with Gasteiger partial charge >= 0.3 is 0 Å². The lowest BCUT2D eigenvalue weighted by molar-refractivity contribution is 0.118. The zero-order valence-electron chi connectivity index (χ0n) is 8.89. The molecule has 0 aliphatic heterocycles. The highest BCUT2D eigenvalue weighted by molar-refractivity contribution is 5.21. The molecule has 2 nitrogen and oxygen atoms in total. The minimum absolute atomic E-state index is 0.389. The zero-order chi connectivity index (χ0) is 10.3. The topological polar surface area (TPSA) is 33.1 Å². The van der Waals surface area contributed by atoms with E-state index >= 15 is 0 Å². The summed E-state index contributed by atoms with van der Waals surface area (Å²) in [6.45, 7) is 0. The highest BCUT2D eigenvalue weighted by Gasteiger charge is 2.63. The van der Waals surface area contributed by atoms with Crippen molar-refractivity contribution in [1.29, 1.82) is 0 Å². The SMILES string of the molecule is OC1(Cc2cccnc2)C2CCCCC21. The third-order valence-electron chi connectivity index (χ3n) is 4.15. The molecule has 2 atom stereocenters. The van der Waals surface area contributed by atoms with Crippen molar-refractivity contribution in [2.45, 2.75) is 37.7 Å². The number of aliphatic hydroxyl groups is 1. The van der Waals surface area contributed by atoms with Crippen LogP contribution >= 0.6 is 0 Å². The fourth-order valence-corrected chi connectivity index (χ4v) is 3.31. The third-order valence-corrected chi connectivity index (χ3v) is 4.15. The van der Waals surface area contributed by atoms with Gasteiger partial charge in [0.25, 0.3) is 0 Å². The van der Waals surface area contributed by atoms with Gasteiger partial charge in [0, 0.05) is 18.8 Å². The Labute approximate surface area is 90.4 Å². The van der Waals surface area contributed by atoms with E-state index < -0.39 is 0 Å². The molecule has 1 N–H and O–H groups in total. The maximum atomic E-state index is 10.5. The molecular weight excluding hydrogens is 186 g/mol. The van der Waals surface area contributed by atoms with Crippen LogP contribution in [0.15, 0.2) is 24.5 Å². The number of hydrogen-bond donors (Lipinski definition) is 1. The van der Waals surface area contributed by atoms with E-state index in [-0.39, 0.29) is 5.60 Å². The Morgan fingerprint density at radius 1 is 1.33 bits per heavy atom. The van der Waals surface area contributed by atoms with E-state index in [9.17, 15) is 5.11 Å². The number of aromatic nitrogens is 1. The highest BCUT2D eigenvalue weighted by atomic mass is 16.3. The van der Waals surface area contributed by atoms with E-state index in [2.05, 4.69) is 11.1 Å². The second kappa shape index (κ2) is 3.31. The van der Waals surface area contributed by atoms with Gasteiger partial charge in [0.2, 0.25) is 0 Å². The Kier molecular flexibility index (Phi) is 2.06. The van der Waals surface area contributed by atoms with Crippen LogP contribution in [0.2, 0.25) is 0 Å². The van der Waals surface area contributed by atoms with Crippen molar-refractivity contribution in [2.24, 2.45) is 11.8 Å². The molecule has 3 rings (SSSR count). The second-order valence-corrected chi connectivity index (χ2v) is 5.03. The first-order valence-electron chi connectivity index (χ1n) is 5.92. The standard InChI is InChI=1S/C13H17NO/c15-13(8-10-4-3-7-14-9-10)11-5-1-2-6-12(11)13/h3-4,7,9,11-12,15H,1-2,5-6,8H2. The average Bonchev–Trinajstić information content (AvgIpc) is 2.87. The summed E-state index contributed by atoms with van der Waals surface area (Å²) < 4.78 is 0. The first-order valence-corrected chi connectivity index (χ1v) is 5.92. The lowest BCUT2D eigenvalue weighted by Crippen LogP contribution is -2.16. The fraction of sp³-hybridized carbons (Fsp3) is 0.615. The summed E-state index contributed by atoms with van der Waals surface area (Å²) in [4.78, 5) is 4.10. The molecule has 0 aromatic carbocycles. The molecular formula is C13H17NO. The normalized spacial score (nSPS) is 38.5. The van der Waals surface area contributed by atoms with Gasteiger partial charge in [0.05, 0.1) is 5.60 Å². The first-order chi connectivity index (χ1) is 7.31. The van der Waals surface area contributed by atoms with Crippen LogP contribution in [-0.2, 0) is 6.42 Å². The van der Waals surface area contributed by atoms with Gasteiger partial charge in [0.15, 0.2) is 0 Å². The highest BCUT2D eigenvalue weighted by Crippen LogP contribution is 2.59. The molecule has 2 unspecified atom stereocenters. The van der Waals surface area contributed by atoms with Crippen molar-refractivity contribution in [3.8, 4) is 0 Å². The molecule has 0 spiro atoms. The van der Waals surface area contributed by atoms with E-state index in [0.717, 1.165) is 6.42 Å². The van der Waals surface area contributed by atoms with Crippen LogP contribution in [0.4, 0.5) is 0 Å².